The molecule has 0 bridgehead atoms. The first-order valence-corrected chi connectivity index (χ1v) is 10.1. The number of fused-ring (bicyclic) bond motifs is 2. The van der Waals surface area contributed by atoms with Gasteiger partial charge < -0.3 is 14.6 Å². The number of benzene rings is 1. The van der Waals surface area contributed by atoms with Gasteiger partial charge in [0.1, 0.15) is 5.82 Å². The van der Waals surface area contributed by atoms with Crippen molar-refractivity contribution in [3.05, 3.63) is 52.8 Å². The molecule has 0 saturated heterocycles. The molecule has 0 unspecified atom stereocenters. The number of amides is 1. The van der Waals surface area contributed by atoms with Crippen molar-refractivity contribution in [1.82, 2.24) is 14.5 Å². The minimum absolute atomic E-state index is 0.0463. The van der Waals surface area contributed by atoms with Gasteiger partial charge in [0.25, 0.3) is 0 Å². The van der Waals surface area contributed by atoms with Gasteiger partial charge in [0.2, 0.25) is 5.91 Å². The summed E-state index contributed by atoms with van der Waals surface area (Å²) >= 11 is 1.53. The van der Waals surface area contributed by atoms with Gasteiger partial charge in [-0.05, 0) is 6.42 Å². The summed E-state index contributed by atoms with van der Waals surface area (Å²) in [5.74, 6) is 0.989. The van der Waals surface area contributed by atoms with Crippen molar-refractivity contribution >= 4 is 22.4 Å². The van der Waals surface area contributed by atoms with E-state index in [4.69, 9.17) is 4.74 Å². The molecule has 2 aliphatic rings. The summed E-state index contributed by atoms with van der Waals surface area (Å²) in [6.45, 7) is 2.12. The summed E-state index contributed by atoms with van der Waals surface area (Å²) in [4.78, 5) is 23.1. The second-order valence-corrected chi connectivity index (χ2v) is 8.04. The molecule has 6 nitrogen and oxygen atoms in total. The molecule has 1 atom stereocenters. The fraction of sp³-hybridized carbons (Fsp3) is 0.350. The number of nitrogens with zero attached hydrogens (tertiary/aromatic N) is 3. The summed E-state index contributed by atoms with van der Waals surface area (Å²) in [5, 5.41) is 3.72. The molecular formula is C20H20N4O2S. The minimum Gasteiger partial charge on any atom is -0.375 e. The Kier molecular flexibility index (Phi) is 4.26. The highest BCUT2D eigenvalue weighted by molar-refractivity contribution is 7.15. The van der Waals surface area contributed by atoms with E-state index >= 15 is 0 Å². The van der Waals surface area contributed by atoms with Crippen molar-refractivity contribution in [3.63, 3.8) is 0 Å². The van der Waals surface area contributed by atoms with Crippen LogP contribution in [0.3, 0.4) is 0 Å². The molecular weight excluding hydrogens is 360 g/mol. The third-order valence-corrected chi connectivity index (χ3v) is 6.21. The molecule has 0 aliphatic carbocycles. The van der Waals surface area contributed by atoms with Crippen LogP contribution in [0.4, 0.5) is 5.13 Å². The largest absolute Gasteiger partial charge is 0.375 e. The van der Waals surface area contributed by atoms with E-state index in [2.05, 4.69) is 32.0 Å². The van der Waals surface area contributed by atoms with Crippen molar-refractivity contribution < 1.29 is 9.53 Å². The number of thiazole rings is 1. The van der Waals surface area contributed by atoms with Crippen LogP contribution in [0.2, 0.25) is 0 Å². The van der Waals surface area contributed by atoms with E-state index < -0.39 is 0 Å². The van der Waals surface area contributed by atoms with Crippen LogP contribution in [0.25, 0.3) is 11.4 Å². The number of anilines is 1. The Morgan fingerprint density at radius 1 is 1.30 bits per heavy atom. The van der Waals surface area contributed by atoms with Gasteiger partial charge in [0.15, 0.2) is 5.13 Å². The molecule has 7 heteroatoms. The van der Waals surface area contributed by atoms with E-state index in [1.54, 1.807) is 0 Å². The number of hydrogen-bond acceptors (Lipinski definition) is 5. The van der Waals surface area contributed by atoms with Crippen LogP contribution in [0, 0.1) is 5.92 Å². The highest BCUT2D eigenvalue weighted by atomic mass is 32.1. The molecule has 0 spiro atoms. The Labute approximate surface area is 161 Å². The lowest BCUT2D eigenvalue weighted by molar-refractivity contribution is -0.120. The number of ether oxygens (including phenoxy) is 1. The maximum Gasteiger partial charge on any atom is 0.229 e. The maximum atomic E-state index is 12.8. The predicted molar refractivity (Wildman–Crippen MR) is 104 cm³/mol. The van der Waals surface area contributed by atoms with E-state index in [-0.39, 0.29) is 11.8 Å². The van der Waals surface area contributed by atoms with Crippen LogP contribution in [0.1, 0.15) is 22.7 Å². The third-order valence-electron chi connectivity index (χ3n) is 5.22. The molecule has 27 heavy (non-hydrogen) atoms. The normalized spacial score (nSPS) is 18.6. The quantitative estimate of drug-likeness (QED) is 0.757. The van der Waals surface area contributed by atoms with Gasteiger partial charge in [-0.15, -0.1) is 0 Å². The van der Waals surface area contributed by atoms with Gasteiger partial charge in [-0.2, -0.15) is 0 Å². The average molecular weight is 380 g/mol. The summed E-state index contributed by atoms with van der Waals surface area (Å²) in [7, 11) is 0. The van der Waals surface area contributed by atoms with Crippen molar-refractivity contribution in [1.29, 1.82) is 0 Å². The van der Waals surface area contributed by atoms with Crippen LogP contribution < -0.4 is 5.32 Å². The van der Waals surface area contributed by atoms with E-state index in [1.807, 2.05) is 24.4 Å². The zero-order chi connectivity index (χ0) is 18.2. The first kappa shape index (κ1) is 16.6. The Morgan fingerprint density at radius 2 is 2.19 bits per heavy atom. The summed E-state index contributed by atoms with van der Waals surface area (Å²) < 4.78 is 7.69. The minimum atomic E-state index is -0.0463. The van der Waals surface area contributed by atoms with Crippen LogP contribution >= 0.6 is 11.3 Å². The fourth-order valence-corrected chi connectivity index (χ4v) is 4.74. The van der Waals surface area contributed by atoms with Gasteiger partial charge >= 0.3 is 0 Å². The molecule has 0 saturated carbocycles. The summed E-state index contributed by atoms with van der Waals surface area (Å²) in [5.41, 5.74) is 3.30. The Bertz CT molecular complexity index is 956. The van der Waals surface area contributed by atoms with Crippen LogP contribution in [0.15, 0.2) is 36.5 Å². The molecule has 3 aromatic rings. The van der Waals surface area contributed by atoms with Gasteiger partial charge in [0, 0.05) is 42.8 Å². The van der Waals surface area contributed by atoms with Crippen LogP contribution in [0.5, 0.6) is 0 Å². The molecule has 0 fully saturated rings. The highest BCUT2D eigenvalue weighted by Crippen LogP contribution is 2.30. The second kappa shape index (κ2) is 6.90. The van der Waals surface area contributed by atoms with Crippen molar-refractivity contribution in [3.8, 4) is 11.4 Å². The molecule has 1 N–H and O–H groups in total. The van der Waals surface area contributed by atoms with Gasteiger partial charge in [-0.3, -0.25) is 4.79 Å². The standard InChI is InChI=1S/C20H20N4O2S/c25-19(23-20-22-16-7-9-26-12-17(16)27-20)14-6-8-24-15(10-14)11-21-18(24)13-4-2-1-3-5-13/h1-5,11,14H,6-10,12H2,(H,22,23,25)/t14-/m0/s1. The molecule has 1 amide bonds. The number of carbonyl (C=O) groups excluding carboxylic acids is 1. The zero-order valence-corrected chi connectivity index (χ0v) is 15.7. The Morgan fingerprint density at radius 3 is 3.04 bits per heavy atom. The van der Waals surface area contributed by atoms with Gasteiger partial charge in [-0.25, -0.2) is 9.97 Å². The average Bonchev–Trinajstić information content (AvgIpc) is 3.31. The maximum absolute atomic E-state index is 12.8. The fourth-order valence-electron chi connectivity index (χ4n) is 3.79. The number of aromatic nitrogens is 3. The zero-order valence-electron chi connectivity index (χ0n) is 14.9. The number of hydrogen-bond donors (Lipinski definition) is 1. The van der Waals surface area contributed by atoms with Crippen molar-refractivity contribution in [2.45, 2.75) is 32.4 Å². The lowest BCUT2D eigenvalue weighted by Crippen LogP contribution is -2.30. The Hall–Kier alpha value is -2.51. The molecule has 138 valence electrons. The molecule has 5 rings (SSSR count). The van der Waals surface area contributed by atoms with Gasteiger partial charge in [-0.1, -0.05) is 41.7 Å². The molecule has 2 aliphatic heterocycles. The van der Waals surface area contributed by atoms with Crippen molar-refractivity contribution in [2.75, 3.05) is 11.9 Å². The van der Waals surface area contributed by atoms with Crippen LogP contribution in [-0.4, -0.2) is 27.0 Å². The summed E-state index contributed by atoms with van der Waals surface area (Å²) in [6.07, 6.45) is 4.25. The first-order chi connectivity index (χ1) is 13.3. The number of imidazole rings is 1. The summed E-state index contributed by atoms with van der Waals surface area (Å²) in [6, 6.07) is 10.2. The smallest absolute Gasteiger partial charge is 0.229 e. The second-order valence-electron chi connectivity index (χ2n) is 6.96. The van der Waals surface area contributed by atoms with Gasteiger partial charge in [0.05, 0.1) is 23.8 Å². The van der Waals surface area contributed by atoms with E-state index in [1.165, 1.54) is 11.3 Å². The number of carbonyl (C=O) groups is 1. The number of rotatable bonds is 3. The molecule has 1 aromatic carbocycles. The first-order valence-electron chi connectivity index (χ1n) is 9.25. The SMILES string of the molecule is O=C(Nc1nc2c(s1)COCC2)[C@H]1CCn2c(cnc2-c2ccccc2)C1. The third kappa shape index (κ3) is 3.17. The molecule has 4 heterocycles. The lowest BCUT2D eigenvalue weighted by atomic mass is 9.95. The monoisotopic (exact) mass is 380 g/mol. The van der Waals surface area contributed by atoms with Crippen molar-refractivity contribution in [2.24, 2.45) is 5.92 Å². The van der Waals surface area contributed by atoms with Crippen LogP contribution in [-0.2, 0) is 35.5 Å². The molecule has 0 radical (unpaired) electrons. The van der Waals surface area contributed by atoms with E-state index in [0.29, 0.717) is 24.8 Å². The Balaban J connectivity index is 1.30. The highest BCUT2D eigenvalue weighted by Gasteiger charge is 2.28. The number of nitrogens with one attached hydrogen (secondary N) is 1. The van der Waals surface area contributed by atoms with E-state index in [0.717, 1.165) is 47.0 Å². The molecule has 2 aromatic heterocycles. The van der Waals surface area contributed by atoms with E-state index in [9.17, 15) is 4.79 Å². The predicted octanol–water partition coefficient (Wildman–Crippen LogP) is 3.28. The lowest BCUT2D eigenvalue weighted by Gasteiger charge is -2.24. The topological polar surface area (TPSA) is 69.0 Å².